The number of carbonyl (C=O) groups is 1. The minimum absolute atomic E-state index is 0.152. The number of benzene rings is 2. The molecular weight excluding hydrogens is 408 g/mol. The number of nitrogens with zero attached hydrogens (tertiary/aromatic N) is 5. The fourth-order valence-corrected chi connectivity index (χ4v) is 3.81. The van der Waals surface area contributed by atoms with Crippen LogP contribution in [0, 0.1) is 4.77 Å². The first-order chi connectivity index (χ1) is 15.2. The van der Waals surface area contributed by atoms with Gasteiger partial charge < -0.3 is 4.90 Å². The summed E-state index contributed by atoms with van der Waals surface area (Å²) in [5, 5.41) is 11.7. The maximum atomic E-state index is 13.4. The molecule has 8 heteroatoms. The van der Waals surface area contributed by atoms with Crippen molar-refractivity contribution < 1.29 is 4.79 Å². The largest absolute Gasteiger partial charge is 0.306 e. The Morgan fingerprint density at radius 2 is 1.71 bits per heavy atom. The summed E-state index contributed by atoms with van der Waals surface area (Å²) in [5.74, 6) is 0.369. The highest BCUT2D eigenvalue weighted by Crippen LogP contribution is 2.30. The molecule has 0 saturated carbocycles. The summed E-state index contributed by atoms with van der Waals surface area (Å²) in [6.45, 7) is 0.562. The molecule has 0 bridgehead atoms. The van der Waals surface area contributed by atoms with Gasteiger partial charge in [0.1, 0.15) is 0 Å². The number of pyridine rings is 1. The predicted octanol–water partition coefficient (Wildman–Crippen LogP) is 3.84. The second-order valence-electron chi connectivity index (χ2n) is 7.06. The fourth-order valence-electron chi connectivity index (χ4n) is 3.64. The van der Waals surface area contributed by atoms with Crippen molar-refractivity contribution >= 4 is 29.5 Å². The zero-order valence-electron chi connectivity index (χ0n) is 16.5. The summed E-state index contributed by atoms with van der Waals surface area (Å²) in [6, 6.07) is 21.4. The molecule has 0 aliphatic carbocycles. The molecule has 0 radical (unpaired) electrons. The number of hydrogen-bond acceptors (Lipinski definition) is 5. The van der Waals surface area contributed by atoms with E-state index in [4.69, 9.17) is 12.2 Å². The standard InChI is InChI=1S/C23H18N6OS/c30-22-20(27-29-21(25-26-23(29)31)17-10-13-24-14-11-17)18-8-4-5-9-19(18)28(22)15-12-16-6-2-1-3-7-16/h1-11,13-14H,12,15H2,(H,26,31). The van der Waals surface area contributed by atoms with E-state index < -0.39 is 0 Å². The van der Waals surface area contributed by atoms with Crippen LogP contribution in [0.25, 0.3) is 11.4 Å². The van der Waals surface area contributed by atoms with Crippen molar-refractivity contribution in [1.29, 1.82) is 0 Å². The molecule has 0 atom stereocenters. The van der Waals surface area contributed by atoms with Crippen molar-refractivity contribution in [2.24, 2.45) is 5.10 Å². The minimum Gasteiger partial charge on any atom is -0.306 e. The second-order valence-corrected chi connectivity index (χ2v) is 7.44. The Kier molecular flexibility index (Phi) is 4.97. The number of para-hydroxylation sites is 1. The Bertz CT molecular complexity index is 1330. The monoisotopic (exact) mass is 426 g/mol. The molecule has 0 fully saturated rings. The fraction of sp³-hybridized carbons (Fsp3) is 0.0870. The molecule has 1 aliphatic rings. The minimum atomic E-state index is -0.152. The van der Waals surface area contributed by atoms with E-state index in [0.717, 1.165) is 23.2 Å². The first-order valence-electron chi connectivity index (χ1n) is 9.84. The van der Waals surface area contributed by atoms with Crippen LogP contribution in [0.1, 0.15) is 11.1 Å². The predicted molar refractivity (Wildman–Crippen MR) is 122 cm³/mol. The van der Waals surface area contributed by atoms with Crippen LogP contribution in [0.2, 0.25) is 0 Å². The lowest BCUT2D eigenvalue weighted by Crippen LogP contribution is -2.32. The van der Waals surface area contributed by atoms with Crippen molar-refractivity contribution in [3.8, 4) is 11.4 Å². The number of amides is 1. The molecule has 0 unspecified atom stereocenters. The van der Waals surface area contributed by atoms with Crippen LogP contribution >= 0.6 is 12.2 Å². The Balaban J connectivity index is 1.54. The van der Waals surface area contributed by atoms with E-state index in [-0.39, 0.29) is 5.91 Å². The van der Waals surface area contributed by atoms with E-state index in [1.54, 1.807) is 17.3 Å². The molecule has 1 amide bonds. The normalized spacial score (nSPS) is 14.3. The van der Waals surface area contributed by atoms with Crippen LogP contribution in [-0.2, 0) is 11.2 Å². The van der Waals surface area contributed by atoms with E-state index in [9.17, 15) is 4.79 Å². The summed E-state index contributed by atoms with van der Waals surface area (Å²) in [4.78, 5) is 19.2. The summed E-state index contributed by atoms with van der Waals surface area (Å²) >= 11 is 5.39. The van der Waals surface area contributed by atoms with Gasteiger partial charge in [-0.3, -0.25) is 9.78 Å². The quantitative estimate of drug-likeness (QED) is 0.492. The molecule has 31 heavy (non-hydrogen) atoms. The number of aromatic amines is 1. The molecule has 152 valence electrons. The lowest BCUT2D eigenvalue weighted by atomic mass is 10.1. The number of anilines is 1. The Labute approximate surface area is 183 Å². The van der Waals surface area contributed by atoms with Crippen LogP contribution < -0.4 is 4.90 Å². The van der Waals surface area contributed by atoms with Crippen LogP contribution in [0.15, 0.2) is 84.2 Å². The lowest BCUT2D eigenvalue weighted by molar-refractivity contribution is -0.112. The van der Waals surface area contributed by atoms with Gasteiger partial charge in [0.15, 0.2) is 11.5 Å². The third-order valence-corrected chi connectivity index (χ3v) is 5.42. The van der Waals surface area contributed by atoms with Crippen molar-refractivity contribution in [1.82, 2.24) is 19.9 Å². The van der Waals surface area contributed by atoms with Gasteiger partial charge in [0.25, 0.3) is 5.91 Å². The maximum absolute atomic E-state index is 13.4. The number of carbonyl (C=O) groups excluding carboxylic acids is 1. The summed E-state index contributed by atoms with van der Waals surface area (Å²) in [7, 11) is 0. The molecular formula is C23H18N6OS. The van der Waals surface area contributed by atoms with Gasteiger partial charge in [0, 0.05) is 30.1 Å². The summed E-state index contributed by atoms with van der Waals surface area (Å²) in [5.41, 5.74) is 3.95. The number of hydrogen-bond donors (Lipinski definition) is 1. The van der Waals surface area contributed by atoms with Gasteiger partial charge in [-0.15, -0.1) is 0 Å². The first-order valence-corrected chi connectivity index (χ1v) is 10.2. The van der Waals surface area contributed by atoms with Gasteiger partial charge >= 0.3 is 0 Å². The molecule has 7 nitrogen and oxygen atoms in total. The molecule has 2 aromatic carbocycles. The van der Waals surface area contributed by atoms with Gasteiger partial charge in [-0.05, 0) is 42.4 Å². The first kappa shape index (κ1) is 19.1. The topological polar surface area (TPSA) is 79.2 Å². The second kappa shape index (κ2) is 8.08. The highest BCUT2D eigenvalue weighted by molar-refractivity contribution is 7.71. The van der Waals surface area contributed by atoms with Crippen molar-refractivity contribution in [2.75, 3.05) is 11.4 Å². The van der Waals surface area contributed by atoms with Crippen LogP contribution in [0.4, 0.5) is 5.69 Å². The number of fused-ring (bicyclic) bond motifs is 1. The maximum Gasteiger partial charge on any atom is 0.279 e. The Morgan fingerprint density at radius 3 is 2.52 bits per heavy atom. The molecule has 0 spiro atoms. The number of rotatable bonds is 5. The molecule has 0 saturated heterocycles. The molecule has 5 rings (SSSR count). The Morgan fingerprint density at radius 1 is 0.968 bits per heavy atom. The van der Waals surface area contributed by atoms with E-state index in [2.05, 4.69) is 32.4 Å². The zero-order valence-corrected chi connectivity index (χ0v) is 17.3. The highest BCUT2D eigenvalue weighted by Gasteiger charge is 2.34. The van der Waals surface area contributed by atoms with E-state index >= 15 is 0 Å². The van der Waals surface area contributed by atoms with Gasteiger partial charge in [-0.2, -0.15) is 14.9 Å². The molecule has 1 N–H and O–H groups in total. The zero-order chi connectivity index (χ0) is 21.2. The van der Waals surface area contributed by atoms with Crippen molar-refractivity contribution in [3.63, 3.8) is 0 Å². The molecule has 2 aromatic heterocycles. The number of nitrogens with one attached hydrogen (secondary N) is 1. The van der Waals surface area contributed by atoms with E-state index in [1.807, 2.05) is 54.6 Å². The van der Waals surface area contributed by atoms with E-state index in [1.165, 1.54) is 10.2 Å². The Hall–Kier alpha value is -3.91. The molecule has 4 aromatic rings. The lowest BCUT2D eigenvalue weighted by Gasteiger charge is -2.16. The number of H-pyrrole nitrogens is 1. The third-order valence-electron chi connectivity index (χ3n) is 5.15. The molecule has 3 heterocycles. The average Bonchev–Trinajstić information content (AvgIpc) is 3.31. The van der Waals surface area contributed by atoms with Crippen LogP contribution in [-0.4, -0.2) is 38.0 Å². The van der Waals surface area contributed by atoms with Crippen molar-refractivity contribution in [2.45, 2.75) is 6.42 Å². The van der Waals surface area contributed by atoms with Gasteiger partial charge in [0.2, 0.25) is 4.77 Å². The summed E-state index contributed by atoms with van der Waals surface area (Å²) < 4.78 is 1.81. The SMILES string of the molecule is O=C1C(=Nn2c(-c3ccncc3)n[nH]c2=S)c2ccccc2N1CCc1ccccc1. The van der Waals surface area contributed by atoms with Crippen molar-refractivity contribution in [3.05, 3.63) is 95.0 Å². The van der Waals surface area contributed by atoms with Gasteiger partial charge in [-0.1, -0.05) is 48.5 Å². The smallest absolute Gasteiger partial charge is 0.279 e. The molecule has 1 aliphatic heterocycles. The average molecular weight is 427 g/mol. The number of aromatic nitrogens is 4. The van der Waals surface area contributed by atoms with Gasteiger partial charge in [-0.25, -0.2) is 5.10 Å². The van der Waals surface area contributed by atoms with Crippen LogP contribution in [0.3, 0.4) is 0 Å². The van der Waals surface area contributed by atoms with E-state index in [0.29, 0.717) is 22.9 Å². The van der Waals surface area contributed by atoms with Gasteiger partial charge in [0.05, 0.1) is 5.69 Å². The van der Waals surface area contributed by atoms with Crippen LogP contribution in [0.5, 0.6) is 0 Å². The highest BCUT2D eigenvalue weighted by atomic mass is 32.1. The summed E-state index contributed by atoms with van der Waals surface area (Å²) in [6.07, 6.45) is 4.10. The third kappa shape index (κ3) is 3.57.